The highest BCUT2D eigenvalue weighted by molar-refractivity contribution is 6.15. The topological polar surface area (TPSA) is 432 Å². The molecule has 0 saturated carbocycles. The first-order chi connectivity index (χ1) is 41.4. The van der Waals surface area contributed by atoms with Crippen LogP contribution < -0.4 is 41.8 Å². The van der Waals surface area contributed by atoms with Crippen LogP contribution in [0.2, 0.25) is 0 Å². The summed E-state index contributed by atoms with van der Waals surface area (Å²) in [6, 6.07) is 13.9. The third-order valence-corrected chi connectivity index (χ3v) is 12.5. The van der Waals surface area contributed by atoms with Crippen molar-refractivity contribution in [2.45, 2.75) is 100 Å². The first kappa shape index (κ1) is 74.0. The van der Waals surface area contributed by atoms with Gasteiger partial charge in [-0.2, -0.15) is 39.5 Å². The maximum atomic E-state index is 13.3. The van der Waals surface area contributed by atoms with E-state index in [1.165, 1.54) is 12.1 Å². The molecule has 0 radical (unpaired) electrons. The minimum absolute atomic E-state index is 0.00195. The number of imide groups is 1. The molecule has 89 heavy (non-hydrogen) atoms. The number of rotatable bonds is 20. The Kier molecular flexibility index (Phi) is 28.1. The normalized spacial score (nSPS) is 18.8. The lowest BCUT2D eigenvalue weighted by molar-refractivity contribution is -0.688. The number of halogens is 9. The van der Waals surface area contributed by atoms with E-state index in [0.717, 1.165) is 44.3 Å². The van der Waals surface area contributed by atoms with Gasteiger partial charge >= 0.3 is 36.4 Å². The third kappa shape index (κ3) is 24.4. The standard InChI is InChI=1S/C47H56N8O13.3C2HF3O2/c48-25-34(55-38(58)13-14-39(55)59)44(63)51-19-15-37(57)52-33-23-30(9-11-35(33)67-47-42(62)40(60)41(61)43(68-47)46(65)66)27-53-20-4-6-29(26-53)10-12-36(56)50-18-2-1-5-28-16-21-54(22-17-28)45(64)31-7-3-8-32(49)24-31;3*3-2(4,5)1(6)7/h3-4,6-14,20,23-24,26,28,34,40-43,47,60-62H,1-2,5,15-19,21-22,25,27,48-49H2,(H3-,50,51,52,56,57,63,65,66);3*(H,6,7)/b12-10+;;;/t34?,40-,41-,42+,43-,47+;;;/m0.../s1. The molecular weight excluding hydrogens is 1220 g/mol. The summed E-state index contributed by atoms with van der Waals surface area (Å²) >= 11 is 0. The number of aliphatic hydroxyl groups excluding tert-OH is 3. The highest BCUT2D eigenvalue weighted by Gasteiger charge is 2.48. The fourth-order valence-corrected chi connectivity index (χ4v) is 8.06. The number of anilines is 2. The number of carboxylic acids is 4. The van der Waals surface area contributed by atoms with Gasteiger partial charge in [0.15, 0.2) is 25.0 Å². The van der Waals surface area contributed by atoms with Gasteiger partial charge in [0.2, 0.25) is 24.0 Å². The number of likely N-dealkylation sites (tertiary alicyclic amines) is 1. The zero-order valence-electron chi connectivity index (χ0n) is 46.1. The quantitative estimate of drug-likeness (QED) is 0.0177. The Labute approximate surface area is 496 Å². The molecule has 1 aromatic heterocycles. The molecule has 2 fully saturated rings. The molecule has 3 aliphatic rings. The van der Waals surface area contributed by atoms with Gasteiger partial charge in [0.1, 0.15) is 36.1 Å². The lowest BCUT2D eigenvalue weighted by Crippen LogP contribution is -2.61. The largest absolute Gasteiger partial charge is 0.542 e. The second-order valence-electron chi connectivity index (χ2n) is 19.1. The van der Waals surface area contributed by atoms with Crippen molar-refractivity contribution in [2.75, 3.05) is 43.8 Å². The van der Waals surface area contributed by atoms with E-state index in [0.29, 0.717) is 52.8 Å². The van der Waals surface area contributed by atoms with Crippen LogP contribution in [0.3, 0.4) is 0 Å². The molecule has 3 aromatic rings. The van der Waals surface area contributed by atoms with E-state index in [1.807, 2.05) is 15.5 Å². The summed E-state index contributed by atoms with van der Waals surface area (Å²) in [5.74, 6) is -12.8. The smallest absolute Gasteiger partial charge is 0.490 e. The highest BCUT2D eigenvalue weighted by Crippen LogP contribution is 2.32. The van der Waals surface area contributed by atoms with Gasteiger partial charge in [0.05, 0.1) is 5.69 Å². The number of hydrogen-bond donors (Lipinski definition) is 11. The van der Waals surface area contributed by atoms with E-state index < -0.39 is 103 Å². The van der Waals surface area contributed by atoms with Gasteiger partial charge in [-0.05, 0) is 73.7 Å². The number of nitrogens with two attached hydrogens (primary N) is 2. The number of amides is 6. The van der Waals surface area contributed by atoms with Gasteiger partial charge in [-0.25, -0.2) is 19.0 Å². The second kappa shape index (κ2) is 33.8. The lowest BCUT2D eigenvalue weighted by Gasteiger charge is -2.38. The summed E-state index contributed by atoms with van der Waals surface area (Å²) in [4.78, 5) is 117. The SMILES string of the molecule is NCC(C(=O)NCCC(=O)Nc1cc(C[n+]2cccc(/C=C/C(=O)NCCCCC3CCN(C(=O)c4cccc(N)c4)CC3)c2)ccc1O[C@@H]1O[C@H](C(=O)O)[C@@H](O)[C@H](O)[C@H]1O)N1C(=O)C=CC1=O.O=C(O)C(F)(F)F.O=C(O)C(F)(F)F.O=C([O-])C(F)(F)F. The van der Waals surface area contributed by atoms with E-state index >= 15 is 0 Å². The Hall–Kier alpha value is -9.26. The van der Waals surface area contributed by atoms with Crippen LogP contribution in [-0.2, 0) is 54.4 Å². The summed E-state index contributed by atoms with van der Waals surface area (Å²) in [6.07, 6.45) is -11.9. The molecule has 3 aliphatic heterocycles. The molecule has 6 rings (SSSR count). The molecule has 2 saturated heterocycles. The van der Waals surface area contributed by atoms with Gasteiger partial charge in [-0.1, -0.05) is 18.9 Å². The molecule has 6 atom stereocenters. The number of aliphatic carboxylic acids is 4. The summed E-state index contributed by atoms with van der Waals surface area (Å²) < 4.78 is 108. The zero-order valence-corrected chi connectivity index (χ0v) is 46.1. The fraction of sp³-hybridized carbons (Fsp3) is 0.415. The molecule has 36 heteroatoms. The summed E-state index contributed by atoms with van der Waals surface area (Å²) in [5, 5.41) is 71.7. The Bertz CT molecular complexity index is 2990. The van der Waals surface area contributed by atoms with Crippen LogP contribution in [0.15, 0.2) is 85.2 Å². The average Bonchev–Trinajstić information content (AvgIpc) is 3.48. The number of ether oxygens (including phenoxy) is 2. The number of benzene rings is 2. The van der Waals surface area contributed by atoms with Crippen molar-refractivity contribution in [3.8, 4) is 5.75 Å². The van der Waals surface area contributed by atoms with Gasteiger partial charge in [0.25, 0.3) is 17.7 Å². The highest BCUT2D eigenvalue weighted by atomic mass is 19.4. The first-order valence-corrected chi connectivity index (χ1v) is 26.0. The zero-order chi connectivity index (χ0) is 67.1. The number of carbonyl (C=O) groups excluding carboxylic acids is 7. The van der Waals surface area contributed by atoms with Crippen molar-refractivity contribution >= 4 is 76.8 Å². The number of nitrogens with zero attached hydrogens (tertiary/aromatic N) is 3. The molecule has 2 aromatic carbocycles. The van der Waals surface area contributed by atoms with Gasteiger partial charge < -0.3 is 82.3 Å². The van der Waals surface area contributed by atoms with Gasteiger partial charge in [0, 0.05) is 85.8 Å². The van der Waals surface area contributed by atoms with Crippen LogP contribution in [-0.4, -0.2) is 188 Å². The minimum atomic E-state index is -5.19. The van der Waals surface area contributed by atoms with Gasteiger partial charge in [-0.3, -0.25) is 33.7 Å². The average molecular weight is 1280 g/mol. The minimum Gasteiger partial charge on any atom is -0.542 e. The van der Waals surface area contributed by atoms with Crippen molar-refractivity contribution in [1.82, 2.24) is 20.4 Å². The maximum absolute atomic E-state index is 13.3. The van der Waals surface area contributed by atoms with Crippen molar-refractivity contribution in [2.24, 2.45) is 11.7 Å². The fourth-order valence-electron chi connectivity index (χ4n) is 8.06. The molecular formula is C53H59F9N8O19. The number of carboxylic acid groups (broad SMARTS) is 4. The number of nitrogens with one attached hydrogen (secondary N) is 3. The maximum Gasteiger partial charge on any atom is 0.490 e. The number of pyridine rings is 1. The number of aliphatic hydroxyl groups is 3. The van der Waals surface area contributed by atoms with E-state index in [4.69, 9.17) is 50.6 Å². The molecule has 488 valence electrons. The van der Waals surface area contributed by atoms with Crippen LogP contribution in [0.1, 0.15) is 60.0 Å². The second-order valence-corrected chi connectivity index (χ2v) is 19.1. The van der Waals surface area contributed by atoms with Gasteiger partial charge in [-0.15, -0.1) is 0 Å². The van der Waals surface area contributed by atoms with Crippen LogP contribution in [0.25, 0.3) is 6.08 Å². The number of carbonyl (C=O) groups is 10. The number of unbranched alkanes of at least 4 members (excludes halogenated alkanes) is 1. The molecule has 6 amide bonds. The summed E-state index contributed by atoms with van der Waals surface area (Å²) in [7, 11) is 0. The summed E-state index contributed by atoms with van der Waals surface area (Å²) in [5.41, 5.74) is 14.0. The number of alkyl halides is 9. The Morgan fingerprint density at radius 3 is 1.92 bits per heavy atom. The van der Waals surface area contributed by atoms with Crippen molar-refractivity contribution in [3.05, 3.63) is 102 Å². The van der Waals surface area contributed by atoms with E-state index in [1.54, 1.807) is 60.9 Å². The Morgan fingerprint density at radius 1 is 0.787 bits per heavy atom. The van der Waals surface area contributed by atoms with E-state index in [9.17, 15) is 93.5 Å². The molecule has 0 spiro atoms. The number of aromatic nitrogens is 1. The number of piperidine rings is 1. The number of nitrogen functional groups attached to an aromatic ring is 1. The molecule has 1 unspecified atom stereocenters. The third-order valence-electron chi connectivity index (χ3n) is 12.5. The van der Waals surface area contributed by atoms with Crippen molar-refractivity contribution in [1.29, 1.82) is 0 Å². The Balaban J connectivity index is 0.000000841. The van der Waals surface area contributed by atoms with Crippen LogP contribution >= 0.6 is 0 Å². The molecule has 4 heterocycles. The summed E-state index contributed by atoms with van der Waals surface area (Å²) in [6.45, 7) is 1.57. The van der Waals surface area contributed by atoms with E-state index in [-0.39, 0.29) is 49.3 Å². The Morgan fingerprint density at radius 2 is 1.38 bits per heavy atom. The van der Waals surface area contributed by atoms with Crippen LogP contribution in [0, 0.1) is 5.92 Å². The molecule has 0 bridgehead atoms. The molecule has 0 aliphatic carbocycles. The van der Waals surface area contributed by atoms with Crippen LogP contribution in [0.5, 0.6) is 5.75 Å². The molecule has 27 nitrogen and oxygen atoms in total. The predicted octanol–water partition coefficient (Wildman–Crippen LogP) is -0.01000. The van der Waals surface area contributed by atoms with E-state index in [2.05, 4.69) is 16.0 Å². The first-order valence-electron chi connectivity index (χ1n) is 26.0. The lowest BCUT2D eigenvalue weighted by atomic mass is 9.91. The van der Waals surface area contributed by atoms with Crippen molar-refractivity contribution < 1.29 is 137 Å². The van der Waals surface area contributed by atoms with Crippen molar-refractivity contribution in [3.63, 3.8) is 0 Å². The molecule has 13 N–H and O–H groups in total. The monoisotopic (exact) mass is 1280 g/mol. The number of hydrogen-bond acceptors (Lipinski definition) is 18. The predicted molar refractivity (Wildman–Crippen MR) is 281 cm³/mol. The van der Waals surface area contributed by atoms with Crippen LogP contribution in [0.4, 0.5) is 50.9 Å².